The summed E-state index contributed by atoms with van der Waals surface area (Å²) in [4.78, 5) is 10.3. The largest absolute Gasteiger partial charge is 0.298 e. The van der Waals surface area contributed by atoms with Crippen LogP contribution in [0, 0.1) is 0 Å². The Bertz CT molecular complexity index is 160. The molecule has 0 rings (SSSR count). The molecule has 0 aliphatic rings. The summed E-state index contributed by atoms with van der Waals surface area (Å²) >= 11 is 0. The van der Waals surface area contributed by atoms with E-state index in [1.165, 1.54) is 5.57 Å². The van der Waals surface area contributed by atoms with Crippen molar-refractivity contribution >= 4 is 6.29 Å². The van der Waals surface area contributed by atoms with Gasteiger partial charge < -0.3 is 0 Å². The molecule has 0 unspecified atom stereocenters. The number of hydrogen-bond acceptors (Lipinski definition) is 1. The number of carbonyl (C=O) groups excluding carboxylic acids is 1. The number of carbonyl (C=O) groups is 1. The topological polar surface area (TPSA) is 17.1 Å². The molecule has 0 fully saturated rings. The van der Waals surface area contributed by atoms with Gasteiger partial charge in [-0.15, -0.1) is 0 Å². The molecule has 0 aromatic rings. The standard InChI is InChI=1S/C9H14O/c1-4-9(7-10)6-5-8(2)3/h5-7H,4H2,1-3H3/b9-6+. The number of allylic oxidation sites excluding steroid dienone is 4. The van der Waals surface area contributed by atoms with Crippen molar-refractivity contribution < 1.29 is 4.79 Å². The molecule has 0 aromatic heterocycles. The van der Waals surface area contributed by atoms with Crippen LogP contribution < -0.4 is 0 Å². The van der Waals surface area contributed by atoms with Crippen LogP contribution in [0.25, 0.3) is 0 Å². The van der Waals surface area contributed by atoms with Gasteiger partial charge in [-0.3, -0.25) is 4.79 Å². The van der Waals surface area contributed by atoms with Gasteiger partial charge in [-0.05, 0) is 25.8 Å². The van der Waals surface area contributed by atoms with Crippen LogP contribution in [0.4, 0.5) is 0 Å². The minimum atomic E-state index is 0.813. The van der Waals surface area contributed by atoms with E-state index in [1.807, 2.05) is 32.9 Å². The first-order valence-corrected chi connectivity index (χ1v) is 3.50. The maximum Gasteiger partial charge on any atom is 0.146 e. The third kappa shape index (κ3) is 4.07. The van der Waals surface area contributed by atoms with Crippen LogP contribution in [0.5, 0.6) is 0 Å². The second-order valence-corrected chi connectivity index (χ2v) is 2.46. The first-order valence-electron chi connectivity index (χ1n) is 3.50. The van der Waals surface area contributed by atoms with Crippen LogP contribution >= 0.6 is 0 Å². The average Bonchev–Trinajstić information content (AvgIpc) is 1.90. The molecule has 0 heterocycles. The van der Waals surface area contributed by atoms with Gasteiger partial charge in [-0.1, -0.05) is 24.6 Å². The summed E-state index contributed by atoms with van der Waals surface area (Å²) in [5.74, 6) is 0. The lowest BCUT2D eigenvalue weighted by molar-refractivity contribution is -0.105. The van der Waals surface area contributed by atoms with E-state index in [0.29, 0.717) is 0 Å². The predicted octanol–water partition coefficient (Wildman–Crippen LogP) is 2.49. The molecule has 0 spiro atoms. The SMILES string of the molecule is CC/C(C=O)=C\C=C(C)C. The number of rotatable bonds is 3. The Kier molecular flexibility index (Phi) is 4.55. The molecule has 0 saturated heterocycles. The Balaban J connectivity index is 4.12. The molecule has 0 amide bonds. The molecule has 0 radical (unpaired) electrons. The molecule has 0 aromatic carbocycles. The maximum absolute atomic E-state index is 10.3. The van der Waals surface area contributed by atoms with Gasteiger partial charge in [-0.2, -0.15) is 0 Å². The molecular weight excluding hydrogens is 124 g/mol. The Morgan fingerprint density at radius 2 is 1.90 bits per heavy atom. The molecule has 0 aliphatic heterocycles. The third-order valence-electron chi connectivity index (χ3n) is 1.19. The van der Waals surface area contributed by atoms with Crippen LogP contribution in [0.2, 0.25) is 0 Å². The van der Waals surface area contributed by atoms with Crippen molar-refractivity contribution in [3.8, 4) is 0 Å². The summed E-state index contributed by atoms with van der Waals surface area (Å²) in [6, 6.07) is 0. The lowest BCUT2D eigenvalue weighted by atomic mass is 10.2. The Morgan fingerprint density at radius 3 is 2.20 bits per heavy atom. The average molecular weight is 138 g/mol. The molecule has 1 nitrogen and oxygen atoms in total. The predicted molar refractivity (Wildman–Crippen MR) is 43.9 cm³/mol. The first kappa shape index (κ1) is 9.15. The summed E-state index contributed by atoms with van der Waals surface area (Å²) in [7, 11) is 0. The van der Waals surface area contributed by atoms with Crippen molar-refractivity contribution in [2.45, 2.75) is 27.2 Å². The maximum atomic E-state index is 10.3. The van der Waals surface area contributed by atoms with Gasteiger partial charge in [0.15, 0.2) is 0 Å². The molecule has 56 valence electrons. The minimum absolute atomic E-state index is 0.813. The van der Waals surface area contributed by atoms with Gasteiger partial charge in [0.25, 0.3) is 0 Å². The van der Waals surface area contributed by atoms with Gasteiger partial charge in [0.1, 0.15) is 6.29 Å². The van der Waals surface area contributed by atoms with Gasteiger partial charge >= 0.3 is 0 Å². The summed E-state index contributed by atoms with van der Waals surface area (Å²) in [5.41, 5.74) is 2.06. The molecule has 0 bridgehead atoms. The highest BCUT2D eigenvalue weighted by Gasteiger charge is 1.85. The van der Waals surface area contributed by atoms with Crippen LogP contribution in [-0.2, 0) is 4.79 Å². The zero-order valence-corrected chi connectivity index (χ0v) is 6.85. The van der Waals surface area contributed by atoms with Gasteiger partial charge in [-0.25, -0.2) is 0 Å². The van der Waals surface area contributed by atoms with Crippen molar-refractivity contribution in [3.63, 3.8) is 0 Å². The lowest BCUT2D eigenvalue weighted by Gasteiger charge is -1.88. The normalized spacial score (nSPS) is 10.9. The fraction of sp³-hybridized carbons (Fsp3) is 0.444. The molecule has 1 heteroatoms. The van der Waals surface area contributed by atoms with E-state index >= 15 is 0 Å². The zero-order valence-electron chi connectivity index (χ0n) is 6.85. The van der Waals surface area contributed by atoms with Crippen molar-refractivity contribution in [2.75, 3.05) is 0 Å². The highest BCUT2D eigenvalue weighted by molar-refractivity contribution is 5.73. The summed E-state index contributed by atoms with van der Waals surface area (Å²) in [6.45, 7) is 5.99. The van der Waals surface area contributed by atoms with E-state index < -0.39 is 0 Å². The monoisotopic (exact) mass is 138 g/mol. The van der Waals surface area contributed by atoms with Crippen LogP contribution in [0.3, 0.4) is 0 Å². The quantitative estimate of drug-likeness (QED) is 0.332. The summed E-state index contributed by atoms with van der Waals surface area (Å²) < 4.78 is 0. The van der Waals surface area contributed by atoms with Crippen molar-refractivity contribution in [1.29, 1.82) is 0 Å². The third-order valence-corrected chi connectivity index (χ3v) is 1.19. The minimum Gasteiger partial charge on any atom is -0.298 e. The van der Waals surface area contributed by atoms with Crippen molar-refractivity contribution in [3.05, 3.63) is 23.3 Å². The van der Waals surface area contributed by atoms with E-state index in [0.717, 1.165) is 18.3 Å². The zero-order chi connectivity index (χ0) is 7.98. The molecule has 10 heavy (non-hydrogen) atoms. The molecule has 0 N–H and O–H groups in total. The molecule has 0 aliphatic carbocycles. The molecule has 0 saturated carbocycles. The van der Waals surface area contributed by atoms with Crippen molar-refractivity contribution in [1.82, 2.24) is 0 Å². The first-order chi connectivity index (χ1) is 4.70. The van der Waals surface area contributed by atoms with Crippen LogP contribution in [0.15, 0.2) is 23.3 Å². The number of aldehydes is 1. The van der Waals surface area contributed by atoms with Gasteiger partial charge in [0, 0.05) is 0 Å². The number of hydrogen-bond donors (Lipinski definition) is 0. The van der Waals surface area contributed by atoms with E-state index in [1.54, 1.807) is 0 Å². The Hall–Kier alpha value is -0.850. The van der Waals surface area contributed by atoms with Gasteiger partial charge in [0.05, 0.1) is 0 Å². The fourth-order valence-electron chi connectivity index (χ4n) is 0.514. The summed E-state index contributed by atoms with van der Waals surface area (Å²) in [5, 5.41) is 0. The summed E-state index contributed by atoms with van der Waals surface area (Å²) in [6.07, 6.45) is 5.53. The molecular formula is C9H14O. The van der Waals surface area contributed by atoms with Crippen LogP contribution in [0.1, 0.15) is 27.2 Å². The second-order valence-electron chi connectivity index (χ2n) is 2.46. The molecule has 0 atom stereocenters. The fourth-order valence-corrected chi connectivity index (χ4v) is 0.514. The van der Waals surface area contributed by atoms with Crippen molar-refractivity contribution in [2.24, 2.45) is 0 Å². The second kappa shape index (κ2) is 4.98. The van der Waals surface area contributed by atoms with E-state index in [4.69, 9.17) is 0 Å². The smallest absolute Gasteiger partial charge is 0.146 e. The lowest BCUT2D eigenvalue weighted by Crippen LogP contribution is -1.79. The highest BCUT2D eigenvalue weighted by atomic mass is 16.1. The van der Waals surface area contributed by atoms with Gasteiger partial charge in [0.2, 0.25) is 0 Å². The van der Waals surface area contributed by atoms with Crippen LogP contribution in [-0.4, -0.2) is 6.29 Å². The van der Waals surface area contributed by atoms with E-state index in [-0.39, 0.29) is 0 Å². The Morgan fingerprint density at radius 1 is 1.30 bits per heavy atom. The highest BCUT2D eigenvalue weighted by Crippen LogP contribution is 1.98. The Labute approximate surface area is 62.4 Å². The van der Waals surface area contributed by atoms with E-state index in [9.17, 15) is 4.79 Å². The van der Waals surface area contributed by atoms with E-state index in [2.05, 4.69) is 0 Å².